The summed E-state index contributed by atoms with van der Waals surface area (Å²) in [5, 5.41) is 7.16. The Hall–Kier alpha value is -3.12. The number of amides is 1. The van der Waals surface area contributed by atoms with Gasteiger partial charge in [0.15, 0.2) is 0 Å². The molecule has 1 heterocycles. The Labute approximate surface area is 183 Å². The number of nitrogens with zero attached hydrogens (tertiary/aromatic N) is 3. The third kappa shape index (κ3) is 4.34. The van der Waals surface area contributed by atoms with Gasteiger partial charge in [-0.3, -0.25) is 14.9 Å². The summed E-state index contributed by atoms with van der Waals surface area (Å²) >= 11 is 0. The van der Waals surface area contributed by atoms with E-state index in [1.807, 2.05) is 0 Å². The van der Waals surface area contributed by atoms with Crippen LogP contribution in [0.3, 0.4) is 0 Å². The number of nitro benzene ring substituents is 1. The molecule has 0 aromatic heterocycles. The van der Waals surface area contributed by atoms with Gasteiger partial charge in [-0.25, -0.2) is 5.01 Å². The van der Waals surface area contributed by atoms with E-state index in [4.69, 9.17) is 0 Å². The van der Waals surface area contributed by atoms with Crippen LogP contribution in [0.15, 0.2) is 29.4 Å². The number of alkyl halides is 9. The molecule has 190 valence electrons. The lowest BCUT2D eigenvalue weighted by Gasteiger charge is -2.32. The summed E-state index contributed by atoms with van der Waals surface area (Å²) < 4.78 is 144. The number of halogens is 9. The fourth-order valence-corrected chi connectivity index (χ4v) is 3.50. The van der Waals surface area contributed by atoms with E-state index in [2.05, 4.69) is 9.28 Å². The molecule has 1 aromatic carbocycles. The average molecular weight is 531 g/mol. The van der Waals surface area contributed by atoms with Crippen molar-refractivity contribution in [3.05, 3.63) is 39.9 Å². The van der Waals surface area contributed by atoms with Crippen molar-refractivity contribution in [2.45, 2.75) is 42.7 Å². The largest absolute Gasteiger partial charge is 0.460 e. The minimum absolute atomic E-state index is 0.0127. The molecule has 0 aliphatic carbocycles. The zero-order valence-electron chi connectivity index (χ0n) is 16.2. The fourth-order valence-electron chi connectivity index (χ4n) is 2.60. The van der Waals surface area contributed by atoms with Gasteiger partial charge in [-0.15, -0.1) is 5.10 Å². The van der Waals surface area contributed by atoms with Crippen molar-refractivity contribution in [2.24, 2.45) is 5.10 Å². The van der Waals surface area contributed by atoms with E-state index in [0.29, 0.717) is 5.01 Å². The molecule has 19 heteroatoms. The van der Waals surface area contributed by atoms with Gasteiger partial charge >= 0.3 is 33.4 Å². The first-order valence-electron chi connectivity index (χ1n) is 8.43. The monoisotopic (exact) mass is 531 g/mol. The Morgan fingerprint density at radius 2 is 1.56 bits per heavy atom. The van der Waals surface area contributed by atoms with Crippen molar-refractivity contribution in [3.8, 4) is 0 Å². The molecule has 0 spiro atoms. The molecule has 1 aromatic rings. The van der Waals surface area contributed by atoms with Crippen molar-refractivity contribution in [1.82, 2.24) is 5.01 Å². The van der Waals surface area contributed by atoms with Crippen LogP contribution in [0.5, 0.6) is 0 Å². The van der Waals surface area contributed by atoms with E-state index in [-0.39, 0.29) is 5.56 Å². The van der Waals surface area contributed by atoms with Crippen molar-refractivity contribution < 1.29 is 61.8 Å². The van der Waals surface area contributed by atoms with E-state index >= 15 is 0 Å². The molecule has 0 fully saturated rings. The molecule has 0 saturated heterocycles. The van der Waals surface area contributed by atoms with Crippen LogP contribution in [-0.2, 0) is 19.1 Å². The van der Waals surface area contributed by atoms with Crippen LogP contribution in [0.25, 0.3) is 0 Å². The van der Waals surface area contributed by atoms with E-state index in [0.717, 1.165) is 31.2 Å². The van der Waals surface area contributed by atoms with Gasteiger partial charge in [0.1, 0.15) is 0 Å². The van der Waals surface area contributed by atoms with Crippen LogP contribution in [0.2, 0.25) is 0 Å². The third-order valence-electron chi connectivity index (χ3n) is 4.33. The molecule has 1 amide bonds. The number of hydrogen-bond acceptors (Lipinski definition) is 7. The first-order valence-corrected chi connectivity index (χ1v) is 9.84. The Bertz CT molecular complexity index is 1120. The molecule has 34 heavy (non-hydrogen) atoms. The number of carbonyl (C=O) groups excluding carboxylic acids is 1. The Balaban J connectivity index is 2.38. The second kappa shape index (κ2) is 8.27. The smallest absolute Gasteiger partial charge is 0.360 e. The van der Waals surface area contributed by atoms with Crippen LogP contribution in [0.1, 0.15) is 24.9 Å². The number of hydrogen-bond donors (Lipinski definition) is 0. The first-order chi connectivity index (χ1) is 15.2. The number of non-ortho nitro benzene ring substituents is 1. The third-order valence-corrected chi connectivity index (χ3v) is 5.63. The van der Waals surface area contributed by atoms with Gasteiger partial charge in [0, 0.05) is 19.1 Å². The summed E-state index contributed by atoms with van der Waals surface area (Å²) in [6, 6.07) is 2.56. The number of rotatable bonds is 6. The van der Waals surface area contributed by atoms with Gasteiger partial charge in [-0.05, 0) is 5.56 Å². The lowest BCUT2D eigenvalue weighted by Crippen LogP contribution is -2.63. The van der Waals surface area contributed by atoms with E-state index in [1.165, 1.54) is 0 Å². The number of carbonyl (C=O) groups is 1. The average Bonchev–Trinajstić information content (AvgIpc) is 3.10. The highest BCUT2D eigenvalue weighted by Crippen LogP contribution is 2.55. The molecule has 0 saturated carbocycles. The number of benzene rings is 1. The maximum absolute atomic E-state index is 13.8. The lowest BCUT2D eigenvalue weighted by molar-refractivity contribution is -0.384. The maximum atomic E-state index is 13.8. The van der Waals surface area contributed by atoms with Gasteiger partial charge in [0.2, 0.25) is 11.8 Å². The van der Waals surface area contributed by atoms with Crippen LogP contribution in [0, 0.1) is 10.1 Å². The lowest BCUT2D eigenvalue weighted by atomic mass is 10.0. The van der Waals surface area contributed by atoms with Crippen molar-refractivity contribution in [3.63, 3.8) is 0 Å². The summed E-state index contributed by atoms with van der Waals surface area (Å²) in [6.07, 6.45) is -8.21. The quantitative estimate of drug-likeness (QED) is 0.237. The molecule has 1 aliphatic heterocycles. The predicted molar refractivity (Wildman–Crippen MR) is 91.3 cm³/mol. The van der Waals surface area contributed by atoms with Gasteiger partial charge in [0.25, 0.3) is 5.69 Å². The number of nitro groups is 1. The minimum Gasteiger partial charge on any atom is -0.360 e. The Kier molecular flexibility index (Phi) is 6.60. The minimum atomic E-state index is -7.51. The molecule has 2 rings (SSSR count). The molecule has 0 radical (unpaired) electrons. The predicted octanol–water partition coefficient (Wildman–Crippen LogP) is 3.97. The molecule has 1 unspecified atom stereocenters. The normalized spacial score (nSPS) is 18.0. The summed E-state index contributed by atoms with van der Waals surface area (Å²) in [5.41, 5.74) is -0.440. The summed E-state index contributed by atoms with van der Waals surface area (Å²) in [6.45, 7) is 0.825. The van der Waals surface area contributed by atoms with Crippen LogP contribution in [-0.4, -0.2) is 53.4 Å². The SMILES string of the molecule is CC(=O)N1N=C(OS(=O)(=O)C(F)(F)C(F)(F)C(F)(F)C(F)(F)F)CC1c1ccc([N+](=O)[O-])cc1. The molecule has 9 nitrogen and oxygen atoms in total. The van der Waals surface area contributed by atoms with Crippen molar-refractivity contribution in [1.29, 1.82) is 0 Å². The highest BCUT2D eigenvalue weighted by molar-refractivity contribution is 7.88. The maximum Gasteiger partial charge on any atom is 0.460 e. The summed E-state index contributed by atoms with van der Waals surface area (Å²) in [4.78, 5) is 21.6. The highest BCUT2D eigenvalue weighted by Gasteiger charge is 2.86. The van der Waals surface area contributed by atoms with E-state index in [1.54, 1.807) is 0 Å². The van der Waals surface area contributed by atoms with Gasteiger partial charge in [-0.2, -0.15) is 47.9 Å². The Morgan fingerprint density at radius 3 is 1.97 bits per heavy atom. The Morgan fingerprint density at radius 1 is 1.06 bits per heavy atom. The topological polar surface area (TPSA) is 119 Å². The van der Waals surface area contributed by atoms with Crippen LogP contribution >= 0.6 is 0 Å². The zero-order chi connectivity index (χ0) is 26.5. The second-order valence-corrected chi connectivity index (χ2v) is 8.21. The van der Waals surface area contributed by atoms with Gasteiger partial charge in [0.05, 0.1) is 17.4 Å². The molecular formula is C15H10F9N3O6S. The molecule has 0 bridgehead atoms. The second-order valence-electron chi connectivity index (χ2n) is 6.63. The van der Waals surface area contributed by atoms with Gasteiger partial charge in [-0.1, -0.05) is 12.1 Å². The molecule has 0 N–H and O–H groups in total. The zero-order valence-corrected chi connectivity index (χ0v) is 17.0. The molecule has 1 aliphatic rings. The first kappa shape index (κ1) is 27.1. The van der Waals surface area contributed by atoms with Gasteiger partial charge < -0.3 is 4.18 Å². The molecule has 1 atom stereocenters. The van der Waals surface area contributed by atoms with E-state index in [9.17, 15) is 62.8 Å². The molecular weight excluding hydrogens is 521 g/mol. The van der Waals surface area contributed by atoms with Crippen molar-refractivity contribution >= 4 is 27.6 Å². The highest BCUT2D eigenvalue weighted by atomic mass is 32.2. The standard InChI is InChI=1S/C15H10F9N3O6S/c1-7(28)26-10(8-2-4-9(5-3-8)27(29)30)6-11(25-26)33-34(31,32)15(23,24)13(18,19)12(16,17)14(20,21)22/h2-5,10H,6H2,1H3. The summed E-state index contributed by atoms with van der Waals surface area (Å²) in [7, 11) is -7.24. The van der Waals surface area contributed by atoms with Crippen molar-refractivity contribution in [2.75, 3.05) is 0 Å². The summed E-state index contributed by atoms with van der Waals surface area (Å²) in [5.74, 6) is -17.4. The van der Waals surface area contributed by atoms with E-state index < -0.39 is 68.3 Å². The fraction of sp³-hybridized carbons (Fsp3) is 0.467. The van der Waals surface area contributed by atoms with Crippen LogP contribution in [0.4, 0.5) is 45.2 Å². The number of hydrazone groups is 1. The van der Waals surface area contributed by atoms with Crippen LogP contribution < -0.4 is 0 Å².